The molecule has 2 aliphatic heterocycles. The normalized spacial score (nSPS) is 17.2. The van der Waals surface area contributed by atoms with Gasteiger partial charge in [0.25, 0.3) is 11.8 Å². The summed E-state index contributed by atoms with van der Waals surface area (Å²) in [6.07, 6.45) is 0. The molecule has 1 N–H and O–H groups in total. The van der Waals surface area contributed by atoms with E-state index in [0.717, 1.165) is 36.7 Å². The summed E-state index contributed by atoms with van der Waals surface area (Å²) in [5.41, 5.74) is 1.08. The number of imide groups is 1. The number of amides is 3. The monoisotopic (exact) mass is 454 g/mol. The summed E-state index contributed by atoms with van der Waals surface area (Å²) in [7, 11) is 0. The Morgan fingerprint density at radius 2 is 1.64 bits per heavy atom. The van der Waals surface area contributed by atoms with Gasteiger partial charge >= 0.3 is 0 Å². The van der Waals surface area contributed by atoms with Gasteiger partial charge in [0.15, 0.2) is 0 Å². The van der Waals surface area contributed by atoms with E-state index in [1.165, 1.54) is 6.92 Å². The molecule has 0 aliphatic carbocycles. The lowest BCUT2D eigenvalue weighted by Gasteiger charge is -2.36. The third kappa shape index (κ3) is 4.36. The summed E-state index contributed by atoms with van der Waals surface area (Å²) >= 11 is 0. The van der Waals surface area contributed by atoms with E-state index < -0.39 is 23.4 Å². The molecule has 4 rings (SSSR count). The first kappa shape index (κ1) is 22.6. The van der Waals surface area contributed by atoms with Crippen molar-refractivity contribution < 1.29 is 23.2 Å². The van der Waals surface area contributed by atoms with Crippen molar-refractivity contribution in [2.75, 3.05) is 42.9 Å². The van der Waals surface area contributed by atoms with Gasteiger partial charge in [-0.1, -0.05) is 19.1 Å². The maximum Gasteiger partial charge on any atom is 0.282 e. The Bertz CT molecular complexity index is 1140. The summed E-state index contributed by atoms with van der Waals surface area (Å²) in [6, 6.07) is 9.30. The second kappa shape index (κ2) is 9.11. The van der Waals surface area contributed by atoms with Gasteiger partial charge in [0.2, 0.25) is 5.91 Å². The second-order valence-electron chi connectivity index (χ2n) is 7.94. The number of rotatable bonds is 5. The van der Waals surface area contributed by atoms with E-state index in [0.29, 0.717) is 30.4 Å². The first-order valence-electron chi connectivity index (χ1n) is 10.7. The molecule has 0 bridgehead atoms. The van der Waals surface area contributed by atoms with Gasteiger partial charge in [-0.3, -0.25) is 14.4 Å². The van der Waals surface area contributed by atoms with Crippen LogP contribution in [0.2, 0.25) is 0 Å². The largest absolute Gasteiger partial charge is 0.364 e. The molecule has 2 aromatic carbocycles. The van der Waals surface area contributed by atoms with Gasteiger partial charge in [-0.15, -0.1) is 0 Å². The fourth-order valence-electron chi connectivity index (χ4n) is 4.16. The van der Waals surface area contributed by atoms with Crippen molar-refractivity contribution in [3.63, 3.8) is 0 Å². The second-order valence-corrected chi connectivity index (χ2v) is 7.94. The predicted octanol–water partition coefficient (Wildman–Crippen LogP) is 2.85. The molecular weight excluding hydrogens is 430 g/mol. The van der Waals surface area contributed by atoms with Crippen LogP contribution >= 0.6 is 0 Å². The van der Waals surface area contributed by atoms with Crippen molar-refractivity contribution in [3.05, 3.63) is 65.4 Å². The lowest BCUT2D eigenvalue weighted by molar-refractivity contribution is -0.121. The number of halogens is 2. The van der Waals surface area contributed by atoms with Gasteiger partial charge in [0.05, 0.1) is 11.3 Å². The summed E-state index contributed by atoms with van der Waals surface area (Å²) in [5.74, 6) is -3.34. The predicted molar refractivity (Wildman–Crippen MR) is 120 cm³/mol. The Morgan fingerprint density at radius 1 is 0.970 bits per heavy atom. The van der Waals surface area contributed by atoms with E-state index in [2.05, 4.69) is 17.1 Å². The van der Waals surface area contributed by atoms with E-state index in [9.17, 15) is 23.2 Å². The van der Waals surface area contributed by atoms with Gasteiger partial charge in [-0.2, -0.15) is 0 Å². The summed E-state index contributed by atoms with van der Waals surface area (Å²) in [5, 5.41) is 2.66. The molecule has 2 aliphatic rings. The number of carbonyl (C=O) groups excluding carboxylic acids is 3. The maximum atomic E-state index is 14.6. The van der Waals surface area contributed by atoms with Crippen molar-refractivity contribution in [2.45, 2.75) is 13.8 Å². The molecular formula is C24H24F2N4O3. The lowest BCUT2D eigenvalue weighted by atomic mass is 10.0. The number of hydrogen-bond donors (Lipinski definition) is 1. The van der Waals surface area contributed by atoms with Crippen LogP contribution in [0.15, 0.2) is 48.2 Å². The Kier molecular flexibility index (Phi) is 6.24. The third-order valence-electron chi connectivity index (χ3n) is 5.84. The average molecular weight is 454 g/mol. The molecule has 172 valence electrons. The minimum atomic E-state index is -0.992. The number of hydrogen-bond acceptors (Lipinski definition) is 5. The Labute approximate surface area is 190 Å². The van der Waals surface area contributed by atoms with Crippen LogP contribution in [0.5, 0.6) is 0 Å². The van der Waals surface area contributed by atoms with Crippen LogP contribution in [-0.2, 0) is 14.4 Å². The molecule has 0 atom stereocenters. The Hall–Kier alpha value is -3.59. The summed E-state index contributed by atoms with van der Waals surface area (Å²) in [6.45, 7) is 6.84. The first-order chi connectivity index (χ1) is 15.8. The minimum absolute atomic E-state index is 0.156. The van der Waals surface area contributed by atoms with Gasteiger partial charge < -0.3 is 15.1 Å². The van der Waals surface area contributed by atoms with E-state index in [4.69, 9.17) is 0 Å². The van der Waals surface area contributed by atoms with Crippen LogP contribution in [-0.4, -0.2) is 60.2 Å². The van der Waals surface area contributed by atoms with E-state index >= 15 is 0 Å². The van der Waals surface area contributed by atoms with E-state index in [1.807, 2.05) is 4.90 Å². The summed E-state index contributed by atoms with van der Waals surface area (Å²) in [4.78, 5) is 43.1. The quantitative estimate of drug-likeness (QED) is 0.704. The average Bonchev–Trinajstić information content (AvgIpc) is 3.04. The number of benzene rings is 2. The van der Waals surface area contributed by atoms with E-state index in [1.54, 1.807) is 24.3 Å². The highest BCUT2D eigenvalue weighted by Gasteiger charge is 2.43. The number of piperazine rings is 1. The number of nitrogens with zero attached hydrogens (tertiary/aromatic N) is 3. The number of nitrogens with one attached hydrogen (secondary N) is 1. The van der Waals surface area contributed by atoms with Gasteiger partial charge in [-0.25, -0.2) is 13.7 Å². The van der Waals surface area contributed by atoms with E-state index in [-0.39, 0.29) is 22.9 Å². The van der Waals surface area contributed by atoms with Crippen molar-refractivity contribution in [2.24, 2.45) is 0 Å². The van der Waals surface area contributed by atoms with Gasteiger partial charge in [-0.05, 0) is 36.4 Å². The number of anilines is 2. The first-order valence-corrected chi connectivity index (χ1v) is 10.7. The Morgan fingerprint density at radius 3 is 2.21 bits per heavy atom. The van der Waals surface area contributed by atoms with Crippen molar-refractivity contribution >= 4 is 34.7 Å². The fourth-order valence-corrected chi connectivity index (χ4v) is 4.16. The van der Waals surface area contributed by atoms with Crippen LogP contribution in [0, 0.1) is 11.6 Å². The smallest absolute Gasteiger partial charge is 0.282 e. The van der Waals surface area contributed by atoms with Crippen LogP contribution in [0.25, 0.3) is 5.57 Å². The zero-order valence-electron chi connectivity index (χ0n) is 18.4. The van der Waals surface area contributed by atoms with Crippen LogP contribution in [0.1, 0.15) is 19.4 Å². The third-order valence-corrected chi connectivity index (χ3v) is 5.84. The molecule has 0 spiro atoms. The van der Waals surface area contributed by atoms with Crippen LogP contribution in [0.4, 0.5) is 20.2 Å². The molecule has 33 heavy (non-hydrogen) atoms. The lowest BCUT2D eigenvalue weighted by Crippen LogP contribution is -2.47. The van der Waals surface area contributed by atoms with Gasteiger partial charge in [0.1, 0.15) is 17.3 Å². The fraction of sp³-hybridized carbons (Fsp3) is 0.292. The molecule has 7 nitrogen and oxygen atoms in total. The molecule has 0 aromatic heterocycles. The maximum absolute atomic E-state index is 14.6. The summed E-state index contributed by atoms with van der Waals surface area (Å²) < 4.78 is 28.0. The van der Waals surface area contributed by atoms with Crippen molar-refractivity contribution in [1.29, 1.82) is 0 Å². The molecule has 0 radical (unpaired) electrons. The molecule has 0 saturated carbocycles. The molecule has 1 saturated heterocycles. The highest BCUT2D eigenvalue weighted by Crippen LogP contribution is 2.36. The number of carbonyl (C=O) groups is 3. The molecule has 2 aromatic rings. The standard InChI is InChI=1S/C24H24F2N4O3/c1-3-28-10-12-29(13-11-28)22-21(16-4-7-18(8-5-16)27-15(2)31)23(32)30(24(22)33)20-9-6-17(25)14-19(20)26/h4-9,14H,3,10-13H2,1-2H3,(H,27,31). The molecule has 1 fully saturated rings. The van der Waals surface area contributed by atoms with Crippen molar-refractivity contribution in [1.82, 2.24) is 9.80 Å². The highest BCUT2D eigenvalue weighted by molar-refractivity contribution is 6.45. The topological polar surface area (TPSA) is 73.0 Å². The molecule has 2 heterocycles. The van der Waals surface area contributed by atoms with Crippen LogP contribution < -0.4 is 10.2 Å². The number of likely N-dealkylation sites (N-methyl/N-ethyl adjacent to an activating group) is 1. The molecule has 3 amide bonds. The van der Waals surface area contributed by atoms with Gasteiger partial charge in [0, 0.05) is 44.9 Å². The molecule has 9 heteroatoms. The SMILES string of the molecule is CCN1CCN(C2=C(c3ccc(NC(C)=O)cc3)C(=O)N(c3ccc(F)cc3F)C2=O)CC1. The van der Waals surface area contributed by atoms with Crippen molar-refractivity contribution in [3.8, 4) is 0 Å². The zero-order chi connectivity index (χ0) is 23.7. The highest BCUT2D eigenvalue weighted by atomic mass is 19.1. The zero-order valence-corrected chi connectivity index (χ0v) is 18.4. The Balaban J connectivity index is 1.77. The minimum Gasteiger partial charge on any atom is -0.364 e. The van der Waals surface area contributed by atoms with Crippen LogP contribution in [0.3, 0.4) is 0 Å². The molecule has 0 unspecified atom stereocenters.